The molecule has 1 saturated heterocycles. The van der Waals surface area contributed by atoms with Gasteiger partial charge in [-0.2, -0.15) is 0 Å². The van der Waals surface area contributed by atoms with Crippen LogP contribution in [0.3, 0.4) is 0 Å². The second-order valence-corrected chi connectivity index (χ2v) is 7.63. The van der Waals surface area contributed by atoms with Crippen LogP contribution in [0.15, 0.2) is 48.5 Å². The van der Waals surface area contributed by atoms with E-state index < -0.39 is 0 Å². The van der Waals surface area contributed by atoms with Crippen LogP contribution in [-0.2, 0) is 9.53 Å². The molecule has 3 aromatic rings. The molecule has 1 fully saturated rings. The highest BCUT2D eigenvalue weighted by molar-refractivity contribution is 6.02. The average Bonchev–Trinajstić information content (AvgIpc) is 3.22. The molecule has 3 heterocycles. The molecule has 0 spiro atoms. The van der Waals surface area contributed by atoms with Crippen LogP contribution in [0, 0.1) is 6.92 Å². The van der Waals surface area contributed by atoms with Gasteiger partial charge in [-0.3, -0.25) is 9.59 Å². The zero-order valence-corrected chi connectivity index (χ0v) is 16.4. The van der Waals surface area contributed by atoms with Gasteiger partial charge in [0.1, 0.15) is 6.54 Å². The molecule has 2 aromatic carbocycles. The van der Waals surface area contributed by atoms with Crippen molar-refractivity contribution in [3.05, 3.63) is 70.9 Å². The van der Waals surface area contributed by atoms with Gasteiger partial charge in [0.2, 0.25) is 5.91 Å². The molecule has 1 atom stereocenters. The summed E-state index contributed by atoms with van der Waals surface area (Å²) in [6.07, 6.45) is 0. The van der Waals surface area contributed by atoms with Gasteiger partial charge in [-0.05, 0) is 24.6 Å². The van der Waals surface area contributed by atoms with Crippen molar-refractivity contribution in [3.8, 4) is 0 Å². The highest BCUT2D eigenvalue weighted by Gasteiger charge is 2.40. The third-order valence-corrected chi connectivity index (χ3v) is 5.94. The third-order valence-electron chi connectivity index (χ3n) is 5.94. The summed E-state index contributed by atoms with van der Waals surface area (Å²) >= 11 is 0. The lowest BCUT2D eigenvalue weighted by Crippen LogP contribution is -2.46. The van der Waals surface area contributed by atoms with Gasteiger partial charge >= 0.3 is 0 Å². The van der Waals surface area contributed by atoms with Crippen LogP contribution in [-0.4, -0.2) is 59.4 Å². The van der Waals surface area contributed by atoms with Crippen molar-refractivity contribution in [2.75, 3.05) is 32.8 Å². The number of aromatic amines is 1. The molecule has 6 heteroatoms. The minimum absolute atomic E-state index is 0.0306. The van der Waals surface area contributed by atoms with Gasteiger partial charge in [0, 0.05) is 40.8 Å². The van der Waals surface area contributed by atoms with Crippen molar-refractivity contribution < 1.29 is 14.3 Å². The Balaban J connectivity index is 1.59. The van der Waals surface area contributed by atoms with Gasteiger partial charge in [0.15, 0.2) is 0 Å². The maximum atomic E-state index is 13.3. The average molecular weight is 389 g/mol. The van der Waals surface area contributed by atoms with Crippen molar-refractivity contribution in [2.45, 2.75) is 13.0 Å². The zero-order valence-electron chi connectivity index (χ0n) is 16.4. The van der Waals surface area contributed by atoms with Crippen LogP contribution >= 0.6 is 0 Å². The van der Waals surface area contributed by atoms with E-state index in [0.29, 0.717) is 31.9 Å². The van der Waals surface area contributed by atoms with Crippen molar-refractivity contribution in [3.63, 3.8) is 0 Å². The molecule has 2 aliphatic heterocycles. The van der Waals surface area contributed by atoms with Crippen LogP contribution in [0.25, 0.3) is 10.9 Å². The largest absolute Gasteiger partial charge is 0.378 e. The van der Waals surface area contributed by atoms with Gasteiger partial charge in [0.05, 0.1) is 19.3 Å². The second-order valence-electron chi connectivity index (χ2n) is 7.63. The number of carbonyl (C=O) groups excluding carboxylic acids is 2. The first-order chi connectivity index (χ1) is 14.1. The van der Waals surface area contributed by atoms with E-state index in [0.717, 1.165) is 27.7 Å². The Morgan fingerprint density at radius 3 is 2.66 bits per heavy atom. The number of aryl methyl sites for hydroxylation is 1. The number of rotatable bonds is 3. The molecule has 5 rings (SSSR count). The van der Waals surface area contributed by atoms with E-state index in [2.05, 4.69) is 11.1 Å². The standard InChI is InChI=1S/C23H23N3O3/c1-15-21(18-8-4-5-9-19(18)24-15)22-16-6-2-3-7-17(16)23(28)26(22)14-20(27)25-10-12-29-13-11-25/h2-9,22,24H,10-14H2,1H3/t22-/m0/s1. The molecule has 2 aliphatic rings. The number of H-pyrrole nitrogens is 1. The fraction of sp³-hybridized carbons (Fsp3) is 0.304. The number of fused-ring (bicyclic) bond motifs is 2. The van der Waals surface area contributed by atoms with Gasteiger partial charge in [-0.15, -0.1) is 0 Å². The van der Waals surface area contributed by atoms with Crippen molar-refractivity contribution in [1.29, 1.82) is 0 Å². The Hall–Kier alpha value is -3.12. The smallest absolute Gasteiger partial charge is 0.255 e. The lowest BCUT2D eigenvalue weighted by molar-refractivity contribution is -0.136. The van der Waals surface area contributed by atoms with Crippen LogP contribution in [0.5, 0.6) is 0 Å². The minimum atomic E-state index is -0.278. The quantitative estimate of drug-likeness (QED) is 0.749. The van der Waals surface area contributed by atoms with E-state index in [1.54, 1.807) is 9.80 Å². The van der Waals surface area contributed by atoms with E-state index in [1.807, 2.05) is 49.4 Å². The first kappa shape index (κ1) is 17.9. The van der Waals surface area contributed by atoms with Crippen molar-refractivity contribution in [2.24, 2.45) is 0 Å². The number of nitrogens with one attached hydrogen (secondary N) is 1. The van der Waals surface area contributed by atoms with Crippen molar-refractivity contribution in [1.82, 2.24) is 14.8 Å². The van der Waals surface area contributed by atoms with Gasteiger partial charge < -0.3 is 19.5 Å². The summed E-state index contributed by atoms with van der Waals surface area (Å²) < 4.78 is 5.36. The van der Waals surface area contributed by atoms with Gasteiger partial charge in [0.25, 0.3) is 5.91 Å². The number of carbonyl (C=O) groups is 2. The summed E-state index contributed by atoms with van der Waals surface area (Å²) in [5.74, 6) is -0.117. The lowest BCUT2D eigenvalue weighted by atomic mass is 9.95. The first-order valence-electron chi connectivity index (χ1n) is 9.98. The maximum absolute atomic E-state index is 13.3. The number of hydrogen-bond donors (Lipinski definition) is 1. The third kappa shape index (κ3) is 2.91. The summed E-state index contributed by atoms with van der Waals surface area (Å²) in [6.45, 7) is 4.34. The number of ether oxygens (including phenoxy) is 1. The molecule has 1 aromatic heterocycles. The highest BCUT2D eigenvalue weighted by atomic mass is 16.5. The number of morpholine rings is 1. The Labute approximate surface area is 169 Å². The molecule has 6 nitrogen and oxygen atoms in total. The zero-order chi connectivity index (χ0) is 20.0. The van der Waals surface area contributed by atoms with Gasteiger partial charge in [-0.25, -0.2) is 0 Å². The number of nitrogens with zero attached hydrogens (tertiary/aromatic N) is 2. The first-order valence-corrected chi connectivity index (χ1v) is 9.98. The molecule has 148 valence electrons. The monoisotopic (exact) mass is 389 g/mol. The predicted octanol–water partition coefficient (Wildman–Crippen LogP) is 2.88. The van der Waals surface area contributed by atoms with Crippen LogP contribution in [0.4, 0.5) is 0 Å². The van der Waals surface area contributed by atoms with E-state index in [1.165, 1.54) is 0 Å². The number of aromatic nitrogens is 1. The molecule has 2 amide bonds. The molecule has 0 aliphatic carbocycles. The molecule has 0 bridgehead atoms. The predicted molar refractivity (Wildman–Crippen MR) is 110 cm³/mol. The number of para-hydroxylation sites is 1. The Kier molecular flexibility index (Phi) is 4.36. The normalized spacial score (nSPS) is 19.1. The number of amides is 2. The molecule has 1 N–H and O–H groups in total. The van der Waals surface area contributed by atoms with Crippen LogP contribution < -0.4 is 0 Å². The Morgan fingerprint density at radius 2 is 1.83 bits per heavy atom. The maximum Gasteiger partial charge on any atom is 0.255 e. The fourth-order valence-electron chi connectivity index (χ4n) is 4.55. The summed E-state index contributed by atoms with van der Waals surface area (Å²) in [5.41, 5.74) is 4.76. The molecular formula is C23H23N3O3. The topological polar surface area (TPSA) is 65.6 Å². The Morgan fingerprint density at radius 1 is 1.10 bits per heavy atom. The SMILES string of the molecule is Cc1[nH]c2ccccc2c1[C@@H]1c2ccccc2C(=O)N1CC(=O)N1CCOCC1. The summed E-state index contributed by atoms with van der Waals surface area (Å²) in [5, 5.41) is 1.09. The van der Waals surface area contributed by atoms with Crippen molar-refractivity contribution >= 4 is 22.7 Å². The summed E-state index contributed by atoms with van der Waals surface area (Å²) in [6, 6.07) is 15.5. The van der Waals surface area contributed by atoms with Crippen LogP contribution in [0.2, 0.25) is 0 Å². The molecule has 0 unspecified atom stereocenters. The second kappa shape index (κ2) is 7.04. The van der Waals surface area contributed by atoms with Crippen LogP contribution in [0.1, 0.15) is 33.2 Å². The summed E-state index contributed by atoms with van der Waals surface area (Å²) in [4.78, 5) is 33.2. The number of benzene rings is 2. The van der Waals surface area contributed by atoms with Gasteiger partial charge in [-0.1, -0.05) is 36.4 Å². The molecule has 0 radical (unpaired) electrons. The fourth-order valence-corrected chi connectivity index (χ4v) is 4.55. The number of hydrogen-bond acceptors (Lipinski definition) is 3. The molecule has 0 saturated carbocycles. The highest BCUT2D eigenvalue weighted by Crippen LogP contribution is 2.42. The molecular weight excluding hydrogens is 366 g/mol. The lowest BCUT2D eigenvalue weighted by Gasteiger charge is -2.31. The summed E-state index contributed by atoms with van der Waals surface area (Å²) in [7, 11) is 0. The van der Waals surface area contributed by atoms with E-state index in [-0.39, 0.29) is 24.4 Å². The van der Waals surface area contributed by atoms with E-state index in [4.69, 9.17) is 4.74 Å². The molecule has 29 heavy (non-hydrogen) atoms. The van der Waals surface area contributed by atoms with E-state index >= 15 is 0 Å². The van der Waals surface area contributed by atoms with E-state index in [9.17, 15) is 9.59 Å². The Bertz CT molecular complexity index is 1100. The minimum Gasteiger partial charge on any atom is -0.378 e.